The predicted octanol–water partition coefficient (Wildman–Crippen LogP) is 4.72. The van der Waals surface area contributed by atoms with E-state index in [0.717, 1.165) is 36.8 Å². The molecule has 0 fully saturated rings. The quantitative estimate of drug-likeness (QED) is 0.650. The highest BCUT2D eigenvalue weighted by Gasteiger charge is 2.46. The summed E-state index contributed by atoms with van der Waals surface area (Å²) < 4.78 is 0. The fourth-order valence-electron chi connectivity index (χ4n) is 5.92. The molecule has 4 heteroatoms. The van der Waals surface area contributed by atoms with Crippen molar-refractivity contribution in [2.24, 2.45) is 0 Å². The smallest absolute Gasteiger partial charge is 0.254 e. The fraction of sp³-hybridized carbons (Fsp3) is 0.286. The summed E-state index contributed by atoms with van der Waals surface area (Å²) in [5, 5.41) is 3.39. The Morgan fingerprint density at radius 3 is 2.28 bits per heavy atom. The number of amides is 2. The predicted molar refractivity (Wildman–Crippen MR) is 123 cm³/mol. The first-order valence-electron chi connectivity index (χ1n) is 11.6. The number of nitrogens with zero attached hydrogens (tertiary/aromatic N) is 1. The van der Waals surface area contributed by atoms with Crippen LogP contribution in [0.5, 0.6) is 0 Å². The second kappa shape index (κ2) is 7.63. The zero-order valence-corrected chi connectivity index (χ0v) is 18.0. The number of benzene rings is 3. The minimum Gasteiger partial charge on any atom is -0.349 e. The Morgan fingerprint density at radius 1 is 0.812 bits per heavy atom. The molecule has 2 amide bonds. The number of rotatable bonds is 2. The summed E-state index contributed by atoms with van der Waals surface area (Å²) in [7, 11) is 0. The average Bonchev–Trinajstić information content (AvgIpc) is 2.84. The number of nitrogens with one attached hydrogen (secondary N) is 1. The van der Waals surface area contributed by atoms with Crippen LogP contribution < -0.4 is 5.32 Å². The molecular formula is C28H26N2O2. The Bertz CT molecular complexity index is 1220. The van der Waals surface area contributed by atoms with Crippen LogP contribution in [0.2, 0.25) is 0 Å². The van der Waals surface area contributed by atoms with E-state index in [0.29, 0.717) is 12.1 Å². The summed E-state index contributed by atoms with van der Waals surface area (Å²) in [6.07, 6.45) is 3.90. The van der Waals surface area contributed by atoms with Crippen molar-refractivity contribution in [3.8, 4) is 0 Å². The third-order valence-corrected chi connectivity index (χ3v) is 7.40. The lowest BCUT2D eigenvalue weighted by Crippen LogP contribution is -2.50. The largest absolute Gasteiger partial charge is 0.349 e. The molecule has 1 N–H and O–H groups in total. The van der Waals surface area contributed by atoms with Gasteiger partial charge in [-0.2, -0.15) is 0 Å². The van der Waals surface area contributed by atoms with Crippen LogP contribution in [-0.4, -0.2) is 23.3 Å². The van der Waals surface area contributed by atoms with Crippen LogP contribution in [-0.2, 0) is 17.6 Å². The molecule has 160 valence electrons. The summed E-state index contributed by atoms with van der Waals surface area (Å²) >= 11 is 0. The van der Waals surface area contributed by atoms with Gasteiger partial charge in [-0.3, -0.25) is 9.59 Å². The van der Waals surface area contributed by atoms with E-state index in [2.05, 4.69) is 41.7 Å². The molecule has 2 aliphatic heterocycles. The van der Waals surface area contributed by atoms with Crippen molar-refractivity contribution < 1.29 is 9.59 Å². The third-order valence-electron chi connectivity index (χ3n) is 7.40. The van der Waals surface area contributed by atoms with Crippen LogP contribution in [0.15, 0.2) is 72.8 Å². The van der Waals surface area contributed by atoms with E-state index < -0.39 is 5.92 Å². The minimum absolute atomic E-state index is 0.0124. The number of carbonyl (C=O) groups is 2. The summed E-state index contributed by atoms with van der Waals surface area (Å²) in [5.74, 6) is -0.370. The molecule has 0 saturated carbocycles. The van der Waals surface area contributed by atoms with Gasteiger partial charge in [0.05, 0.1) is 18.0 Å². The third kappa shape index (κ3) is 2.97. The maximum absolute atomic E-state index is 14.0. The minimum atomic E-state index is -0.417. The van der Waals surface area contributed by atoms with Gasteiger partial charge in [0.15, 0.2) is 0 Å². The first kappa shape index (κ1) is 19.3. The van der Waals surface area contributed by atoms with Gasteiger partial charge >= 0.3 is 0 Å². The normalized spacial score (nSPS) is 23.4. The van der Waals surface area contributed by atoms with E-state index in [-0.39, 0.29) is 23.9 Å². The number of aryl methyl sites for hydroxylation is 1. The molecule has 3 aromatic rings. The van der Waals surface area contributed by atoms with Crippen LogP contribution in [0, 0.1) is 0 Å². The van der Waals surface area contributed by atoms with Crippen molar-refractivity contribution in [1.29, 1.82) is 0 Å². The maximum atomic E-state index is 14.0. The monoisotopic (exact) mass is 422 g/mol. The van der Waals surface area contributed by atoms with E-state index >= 15 is 0 Å². The van der Waals surface area contributed by atoms with Crippen molar-refractivity contribution in [2.75, 3.05) is 6.54 Å². The number of carbonyl (C=O) groups excluding carboxylic acids is 2. The van der Waals surface area contributed by atoms with E-state index in [4.69, 9.17) is 0 Å². The SMILES string of the molecule is O=C(NC1CCCc2ccccc21)C1c2ccccc2C(=O)N2CCc3ccccc3C12. The van der Waals surface area contributed by atoms with Gasteiger partial charge in [-0.25, -0.2) is 0 Å². The van der Waals surface area contributed by atoms with Gasteiger partial charge in [-0.15, -0.1) is 0 Å². The molecule has 2 heterocycles. The van der Waals surface area contributed by atoms with Crippen molar-refractivity contribution in [2.45, 2.75) is 43.7 Å². The van der Waals surface area contributed by atoms with E-state index in [1.807, 2.05) is 41.3 Å². The number of hydrogen-bond donors (Lipinski definition) is 1. The highest BCUT2D eigenvalue weighted by molar-refractivity contribution is 6.01. The molecule has 0 saturated heterocycles. The van der Waals surface area contributed by atoms with Crippen LogP contribution in [0.4, 0.5) is 0 Å². The van der Waals surface area contributed by atoms with E-state index in [1.54, 1.807) is 0 Å². The molecule has 3 aliphatic rings. The molecule has 3 atom stereocenters. The van der Waals surface area contributed by atoms with Crippen molar-refractivity contribution in [3.05, 3.63) is 106 Å². The first-order chi connectivity index (χ1) is 15.7. The van der Waals surface area contributed by atoms with Gasteiger partial charge in [0, 0.05) is 12.1 Å². The Hall–Kier alpha value is -3.40. The van der Waals surface area contributed by atoms with Gasteiger partial charge in [0.1, 0.15) is 0 Å². The molecule has 3 unspecified atom stereocenters. The van der Waals surface area contributed by atoms with E-state index in [9.17, 15) is 9.59 Å². The molecule has 32 heavy (non-hydrogen) atoms. The van der Waals surface area contributed by atoms with Gasteiger partial charge in [-0.05, 0) is 59.6 Å². The van der Waals surface area contributed by atoms with Crippen LogP contribution in [0.3, 0.4) is 0 Å². The highest BCUT2D eigenvalue weighted by atomic mass is 16.2. The summed E-state index contributed by atoms with van der Waals surface area (Å²) in [4.78, 5) is 29.3. The molecular weight excluding hydrogens is 396 g/mol. The van der Waals surface area contributed by atoms with E-state index in [1.165, 1.54) is 16.7 Å². The molecule has 1 aliphatic carbocycles. The lowest BCUT2D eigenvalue weighted by molar-refractivity contribution is -0.125. The molecule has 0 aromatic heterocycles. The zero-order chi connectivity index (χ0) is 21.7. The lowest BCUT2D eigenvalue weighted by Gasteiger charge is -2.45. The van der Waals surface area contributed by atoms with Gasteiger partial charge in [-0.1, -0.05) is 66.7 Å². The van der Waals surface area contributed by atoms with Crippen LogP contribution in [0.1, 0.15) is 69.0 Å². The molecule has 3 aromatic carbocycles. The lowest BCUT2D eigenvalue weighted by atomic mass is 9.75. The number of hydrogen-bond acceptors (Lipinski definition) is 2. The van der Waals surface area contributed by atoms with Gasteiger partial charge in [0.25, 0.3) is 5.91 Å². The maximum Gasteiger partial charge on any atom is 0.254 e. The zero-order valence-electron chi connectivity index (χ0n) is 18.0. The molecule has 4 nitrogen and oxygen atoms in total. The highest BCUT2D eigenvalue weighted by Crippen LogP contribution is 2.46. The van der Waals surface area contributed by atoms with Gasteiger partial charge < -0.3 is 10.2 Å². The van der Waals surface area contributed by atoms with Crippen molar-refractivity contribution >= 4 is 11.8 Å². The van der Waals surface area contributed by atoms with Crippen LogP contribution >= 0.6 is 0 Å². The van der Waals surface area contributed by atoms with Crippen molar-refractivity contribution in [3.63, 3.8) is 0 Å². The van der Waals surface area contributed by atoms with Gasteiger partial charge in [0.2, 0.25) is 5.91 Å². The summed E-state index contributed by atoms with van der Waals surface area (Å²) in [6.45, 7) is 0.644. The first-order valence-corrected chi connectivity index (χ1v) is 11.6. The second-order valence-corrected chi connectivity index (χ2v) is 9.11. The summed E-state index contributed by atoms with van der Waals surface area (Å²) in [5.41, 5.74) is 6.40. The molecule has 0 bridgehead atoms. The summed E-state index contributed by atoms with van der Waals surface area (Å²) in [6, 6.07) is 24.1. The average molecular weight is 423 g/mol. The molecule has 0 radical (unpaired) electrons. The van der Waals surface area contributed by atoms with Crippen LogP contribution in [0.25, 0.3) is 0 Å². The Morgan fingerprint density at radius 2 is 1.47 bits per heavy atom. The topological polar surface area (TPSA) is 49.4 Å². The second-order valence-electron chi connectivity index (χ2n) is 9.11. The Labute approximate surface area is 188 Å². The fourth-order valence-corrected chi connectivity index (χ4v) is 5.92. The Balaban J connectivity index is 1.43. The van der Waals surface area contributed by atoms with Crippen molar-refractivity contribution in [1.82, 2.24) is 10.2 Å². The standard InChI is InChI=1S/C28H26N2O2/c31-27(29-24-15-7-10-18-8-1-3-11-20(18)24)25-22-13-5-6-14-23(22)28(32)30-17-16-19-9-2-4-12-21(19)26(25)30/h1-6,8-9,11-14,24-26H,7,10,15-17H2,(H,29,31). The molecule has 0 spiro atoms. The molecule has 6 rings (SSSR count). The number of fused-ring (bicyclic) bond motifs is 5. The Kier molecular flexibility index (Phi) is 4.60.